The molecule has 0 saturated heterocycles. The Hall–Kier alpha value is -1.64. The SMILES string of the molecule is CS(=O)(=O)Nc1ccccc1-c1nc(C2(N)CCC2)no1.Cl. The molecular formula is C13H17ClN4O3S. The van der Waals surface area contributed by atoms with Crippen LogP contribution in [0.3, 0.4) is 0 Å². The molecule has 1 aliphatic carbocycles. The first kappa shape index (κ1) is 16.7. The normalized spacial score (nSPS) is 16.5. The van der Waals surface area contributed by atoms with Crippen LogP contribution in [0.1, 0.15) is 25.1 Å². The first-order chi connectivity index (χ1) is 9.87. The van der Waals surface area contributed by atoms with E-state index in [9.17, 15) is 8.42 Å². The fourth-order valence-corrected chi connectivity index (χ4v) is 2.85. The van der Waals surface area contributed by atoms with Gasteiger partial charge in [-0.1, -0.05) is 17.3 Å². The number of rotatable bonds is 4. The number of nitrogens with zero attached hydrogens (tertiary/aromatic N) is 2. The molecule has 0 radical (unpaired) electrons. The van der Waals surface area contributed by atoms with Gasteiger partial charge < -0.3 is 10.3 Å². The highest BCUT2D eigenvalue weighted by molar-refractivity contribution is 7.92. The highest BCUT2D eigenvalue weighted by atomic mass is 35.5. The molecule has 0 amide bonds. The van der Waals surface area contributed by atoms with Crippen molar-refractivity contribution in [3.63, 3.8) is 0 Å². The van der Waals surface area contributed by atoms with E-state index in [1.807, 2.05) is 0 Å². The molecule has 9 heteroatoms. The van der Waals surface area contributed by atoms with Crippen LogP contribution < -0.4 is 10.5 Å². The van der Waals surface area contributed by atoms with Gasteiger partial charge in [0.1, 0.15) is 0 Å². The largest absolute Gasteiger partial charge is 0.334 e. The van der Waals surface area contributed by atoms with Crippen LogP contribution in [-0.4, -0.2) is 24.8 Å². The first-order valence-corrected chi connectivity index (χ1v) is 8.47. The molecule has 0 unspecified atom stereocenters. The highest BCUT2D eigenvalue weighted by Crippen LogP contribution is 2.38. The smallest absolute Gasteiger partial charge is 0.260 e. The van der Waals surface area contributed by atoms with Gasteiger partial charge in [0.05, 0.1) is 23.0 Å². The second kappa shape index (κ2) is 5.86. The van der Waals surface area contributed by atoms with E-state index in [2.05, 4.69) is 14.9 Å². The number of para-hydroxylation sites is 1. The second-order valence-corrected chi connectivity index (χ2v) is 7.10. The lowest BCUT2D eigenvalue weighted by Crippen LogP contribution is -2.44. The molecular weight excluding hydrogens is 328 g/mol. The maximum absolute atomic E-state index is 11.4. The zero-order valence-electron chi connectivity index (χ0n) is 11.9. The summed E-state index contributed by atoms with van der Waals surface area (Å²) in [5.74, 6) is 0.728. The van der Waals surface area contributed by atoms with Crippen molar-refractivity contribution in [3.8, 4) is 11.5 Å². The molecule has 1 aliphatic rings. The van der Waals surface area contributed by atoms with Crippen LogP contribution in [0, 0.1) is 0 Å². The number of halogens is 1. The highest BCUT2D eigenvalue weighted by Gasteiger charge is 2.39. The summed E-state index contributed by atoms with van der Waals surface area (Å²) in [6.45, 7) is 0. The van der Waals surface area contributed by atoms with Crippen molar-refractivity contribution in [2.24, 2.45) is 5.73 Å². The molecule has 7 nitrogen and oxygen atoms in total. The molecule has 3 N–H and O–H groups in total. The van der Waals surface area contributed by atoms with Crippen molar-refractivity contribution in [1.29, 1.82) is 0 Å². The van der Waals surface area contributed by atoms with Gasteiger partial charge in [0, 0.05) is 0 Å². The fourth-order valence-electron chi connectivity index (χ4n) is 2.27. The number of nitrogens with one attached hydrogen (secondary N) is 1. The van der Waals surface area contributed by atoms with Crippen molar-refractivity contribution >= 4 is 28.1 Å². The van der Waals surface area contributed by atoms with E-state index in [-0.39, 0.29) is 18.3 Å². The maximum atomic E-state index is 11.4. The number of nitrogens with two attached hydrogens (primary N) is 1. The Balaban J connectivity index is 0.00000176. The number of aromatic nitrogens is 2. The lowest BCUT2D eigenvalue weighted by Gasteiger charge is -2.34. The monoisotopic (exact) mass is 344 g/mol. The quantitative estimate of drug-likeness (QED) is 0.875. The van der Waals surface area contributed by atoms with Gasteiger partial charge in [0.25, 0.3) is 5.89 Å². The number of benzene rings is 1. The maximum Gasteiger partial charge on any atom is 0.260 e. The van der Waals surface area contributed by atoms with Crippen molar-refractivity contribution in [2.75, 3.05) is 11.0 Å². The minimum atomic E-state index is -3.39. The zero-order valence-corrected chi connectivity index (χ0v) is 13.6. The van der Waals surface area contributed by atoms with E-state index in [4.69, 9.17) is 10.3 Å². The molecule has 3 rings (SSSR count). The minimum absolute atomic E-state index is 0. The third kappa shape index (κ3) is 3.23. The molecule has 1 aromatic carbocycles. The fraction of sp³-hybridized carbons (Fsp3) is 0.385. The predicted molar refractivity (Wildman–Crippen MR) is 85.2 cm³/mol. The van der Waals surface area contributed by atoms with Crippen LogP contribution in [0.25, 0.3) is 11.5 Å². The van der Waals surface area contributed by atoms with Crippen LogP contribution in [0.2, 0.25) is 0 Å². The van der Waals surface area contributed by atoms with Crippen molar-refractivity contribution in [2.45, 2.75) is 24.8 Å². The average Bonchev–Trinajstić information content (AvgIpc) is 2.84. The Morgan fingerprint density at radius 2 is 2.00 bits per heavy atom. The molecule has 1 saturated carbocycles. The minimum Gasteiger partial charge on any atom is -0.334 e. The molecule has 22 heavy (non-hydrogen) atoms. The Kier molecular flexibility index (Phi) is 4.46. The Labute approximate surface area is 134 Å². The van der Waals surface area contributed by atoms with E-state index in [0.29, 0.717) is 17.1 Å². The molecule has 1 heterocycles. The van der Waals surface area contributed by atoms with Gasteiger partial charge in [0.15, 0.2) is 5.82 Å². The Morgan fingerprint density at radius 3 is 2.59 bits per heavy atom. The molecule has 2 aromatic rings. The van der Waals surface area contributed by atoms with E-state index in [1.165, 1.54) is 0 Å². The number of sulfonamides is 1. The number of hydrogen-bond donors (Lipinski definition) is 2. The molecule has 1 fully saturated rings. The van der Waals surface area contributed by atoms with Gasteiger partial charge >= 0.3 is 0 Å². The summed E-state index contributed by atoms with van der Waals surface area (Å²) in [6, 6.07) is 6.86. The van der Waals surface area contributed by atoms with Gasteiger partial charge in [-0.25, -0.2) is 8.42 Å². The molecule has 120 valence electrons. The van der Waals surface area contributed by atoms with Gasteiger partial charge in [-0.05, 0) is 31.4 Å². The number of hydrogen-bond acceptors (Lipinski definition) is 6. The molecule has 1 aromatic heterocycles. The zero-order chi connectivity index (χ0) is 15.1. The summed E-state index contributed by atoms with van der Waals surface area (Å²) in [7, 11) is -3.39. The summed E-state index contributed by atoms with van der Waals surface area (Å²) in [5, 5.41) is 3.94. The summed E-state index contributed by atoms with van der Waals surface area (Å²) in [6.07, 6.45) is 3.79. The van der Waals surface area contributed by atoms with Gasteiger partial charge in [-0.2, -0.15) is 4.98 Å². The molecule has 0 bridgehead atoms. The number of anilines is 1. The predicted octanol–water partition coefficient (Wildman–Crippen LogP) is 1.87. The van der Waals surface area contributed by atoms with Crippen LogP contribution in [0.5, 0.6) is 0 Å². The Morgan fingerprint density at radius 1 is 1.32 bits per heavy atom. The third-order valence-electron chi connectivity index (χ3n) is 3.57. The summed E-state index contributed by atoms with van der Waals surface area (Å²) in [4.78, 5) is 4.33. The lowest BCUT2D eigenvalue weighted by atomic mass is 9.77. The molecule has 0 aliphatic heterocycles. The van der Waals surface area contributed by atoms with Crippen LogP contribution in [0.4, 0.5) is 5.69 Å². The van der Waals surface area contributed by atoms with Crippen LogP contribution in [-0.2, 0) is 15.6 Å². The summed E-state index contributed by atoms with van der Waals surface area (Å²) >= 11 is 0. The van der Waals surface area contributed by atoms with E-state index >= 15 is 0 Å². The van der Waals surface area contributed by atoms with Crippen LogP contribution in [0.15, 0.2) is 28.8 Å². The molecule has 0 spiro atoms. The van der Waals surface area contributed by atoms with Gasteiger partial charge in [0.2, 0.25) is 10.0 Å². The van der Waals surface area contributed by atoms with Gasteiger partial charge in [-0.15, -0.1) is 12.4 Å². The van der Waals surface area contributed by atoms with Crippen LogP contribution >= 0.6 is 12.4 Å². The van der Waals surface area contributed by atoms with Crippen molar-refractivity contribution < 1.29 is 12.9 Å². The molecule has 0 atom stereocenters. The van der Waals surface area contributed by atoms with E-state index in [0.717, 1.165) is 25.5 Å². The van der Waals surface area contributed by atoms with Crippen molar-refractivity contribution in [3.05, 3.63) is 30.1 Å². The first-order valence-electron chi connectivity index (χ1n) is 6.58. The van der Waals surface area contributed by atoms with E-state index < -0.39 is 15.6 Å². The summed E-state index contributed by atoms with van der Waals surface area (Å²) in [5.41, 5.74) is 6.58. The third-order valence-corrected chi connectivity index (χ3v) is 4.16. The Bertz CT molecular complexity index is 771. The second-order valence-electron chi connectivity index (χ2n) is 5.35. The van der Waals surface area contributed by atoms with E-state index in [1.54, 1.807) is 24.3 Å². The van der Waals surface area contributed by atoms with Gasteiger partial charge in [-0.3, -0.25) is 4.72 Å². The summed E-state index contributed by atoms with van der Waals surface area (Å²) < 4.78 is 30.5. The topological polar surface area (TPSA) is 111 Å². The van der Waals surface area contributed by atoms with Crippen molar-refractivity contribution in [1.82, 2.24) is 10.1 Å². The standard InChI is InChI=1S/C13H16N4O3S.ClH/c1-21(18,19)17-10-6-3-2-5-9(10)11-15-12(16-20-11)13(14)7-4-8-13;/h2-3,5-6,17H,4,7-8,14H2,1H3;1H. The lowest BCUT2D eigenvalue weighted by molar-refractivity contribution is 0.229. The average molecular weight is 345 g/mol.